The van der Waals surface area contributed by atoms with Gasteiger partial charge in [-0.25, -0.2) is 0 Å². The number of nitrogens with one attached hydrogen (secondary N) is 1. The molecule has 0 radical (unpaired) electrons. The van der Waals surface area contributed by atoms with Crippen molar-refractivity contribution in [1.29, 1.82) is 0 Å². The Morgan fingerprint density at radius 2 is 2.11 bits per heavy atom. The molecule has 3 nitrogen and oxygen atoms in total. The van der Waals surface area contributed by atoms with Gasteiger partial charge in [0, 0.05) is 6.54 Å². The van der Waals surface area contributed by atoms with Crippen molar-refractivity contribution < 1.29 is 9.47 Å². The minimum absolute atomic E-state index is 0.605. The highest BCUT2D eigenvalue weighted by Gasteiger charge is 2.17. The number of benzene rings is 1. The van der Waals surface area contributed by atoms with E-state index in [9.17, 15) is 0 Å². The van der Waals surface area contributed by atoms with E-state index in [1.165, 1.54) is 18.4 Å². The number of piperidine rings is 1. The summed E-state index contributed by atoms with van der Waals surface area (Å²) in [6.45, 7) is 7.76. The molecule has 0 saturated carbocycles. The fraction of sp³-hybridized carbons (Fsp3) is 0.625. The zero-order chi connectivity index (χ0) is 13.5. The van der Waals surface area contributed by atoms with E-state index in [4.69, 9.17) is 9.47 Å². The Balaban J connectivity index is 2.14. The van der Waals surface area contributed by atoms with Crippen LogP contribution in [0.15, 0.2) is 18.2 Å². The van der Waals surface area contributed by atoms with Crippen LogP contribution >= 0.6 is 0 Å². The van der Waals surface area contributed by atoms with Gasteiger partial charge in [0.15, 0.2) is 11.5 Å². The summed E-state index contributed by atoms with van der Waals surface area (Å²) in [6.07, 6.45) is 3.52. The highest BCUT2D eigenvalue weighted by molar-refractivity contribution is 5.44. The first-order chi connectivity index (χ1) is 9.35. The molecule has 1 heterocycles. The lowest BCUT2D eigenvalue weighted by Crippen LogP contribution is -2.28. The molecule has 0 aromatic heterocycles. The van der Waals surface area contributed by atoms with Crippen LogP contribution < -0.4 is 14.8 Å². The summed E-state index contributed by atoms with van der Waals surface area (Å²) in [4.78, 5) is 0. The highest BCUT2D eigenvalue weighted by atomic mass is 16.5. The van der Waals surface area contributed by atoms with Crippen molar-refractivity contribution in [2.24, 2.45) is 0 Å². The van der Waals surface area contributed by atoms with Gasteiger partial charge < -0.3 is 14.8 Å². The molecule has 1 atom stereocenters. The van der Waals surface area contributed by atoms with E-state index in [1.807, 2.05) is 6.92 Å². The van der Waals surface area contributed by atoms with Crippen LogP contribution in [-0.2, 0) is 0 Å². The minimum atomic E-state index is 0.605. The number of ether oxygens (including phenoxy) is 2. The van der Waals surface area contributed by atoms with E-state index in [2.05, 4.69) is 30.4 Å². The van der Waals surface area contributed by atoms with Crippen LogP contribution in [0.4, 0.5) is 0 Å². The molecular formula is C16H25NO2. The standard InChI is InChI=1S/C16H25NO2/c1-3-10-19-15-8-7-13(11-16(15)18-4-2)14-6-5-9-17-12-14/h7-8,11,14,17H,3-6,9-10,12H2,1-2H3. The van der Waals surface area contributed by atoms with E-state index < -0.39 is 0 Å². The molecule has 1 aromatic rings. The van der Waals surface area contributed by atoms with Gasteiger partial charge in [0.2, 0.25) is 0 Å². The second-order valence-electron chi connectivity index (χ2n) is 5.03. The lowest BCUT2D eigenvalue weighted by atomic mass is 9.91. The molecule has 1 N–H and O–H groups in total. The summed E-state index contributed by atoms with van der Waals surface area (Å²) >= 11 is 0. The molecule has 2 rings (SSSR count). The molecule has 1 unspecified atom stereocenters. The summed E-state index contributed by atoms with van der Waals surface area (Å²) in [6, 6.07) is 6.40. The SMILES string of the molecule is CCCOc1ccc(C2CCCNC2)cc1OCC. The van der Waals surface area contributed by atoms with Crippen LogP contribution in [0.5, 0.6) is 11.5 Å². The molecule has 0 spiro atoms. The molecule has 1 saturated heterocycles. The van der Waals surface area contributed by atoms with E-state index in [0.29, 0.717) is 12.5 Å². The van der Waals surface area contributed by atoms with Gasteiger partial charge >= 0.3 is 0 Å². The molecule has 0 amide bonds. The van der Waals surface area contributed by atoms with Crippen molar-refractivity contribution >= 4 is 0 Å². The fourth-order valence-electron chi connectivity index (χ4n) is 2.51. The third kappa shape index (κ3) is 3.87. The lowest BCUT2D eigenvalue weighted by molar-refractivity contribution is 0.276. The van der Waals surface area contributed by atoms with Crippen molar-refractivity contribution in [2.75, 3.05) is 26.3 Å². The number of hydrogen-bond donors (Lipinski definition) is 1. The van der Waals surface area contributed by atoms with Crippen molar-refractivity contribution in [2.45, 2.75) is 39.0 Å². The predicted molar refractivity (Wildman–Crippen MR) is 78.2 cm³/mol. The third-order valence-corrected chi connectivity index (χ3v) is 3.50. The Labute approximate surface area is 116 Å². The lowest BCUT2D eigenvalue weighted by Gasteiger charge is -2.24. The van der Waals surface area contributed by atoms with Gasteiger partial charge in [0.25, 0.3) is 0 Å². The van der Waals surface area contributed by atoms with Crippen LogP contribution in [0.2, 0.25) is 0 Å². The predicted octanol–water partition coefficient (Wildman–Crippen LogP) is 3.34. The Morgan fingerprint density at radius 1 is 1.21 bits per heavy atom. The van der Waals surface area contributed by atoms with Gasteiger partial charge in [-0.1, -0.05) is 13.0 Å². The van der Waals surface area contributed by atoms with Crippen molar-refractivity contribution in [1.82, 2.24) is 5.32 Å². The molecule has 0 bridgehead atoms. The van der Waals surface area contributed by atoms with Crippen LogP contribution in [0.1, 0.15) is 44.6 Å². The number of rotatable bonds is 6. The average molecular weight is 263 g/mol. The fourth-order valence-corrected chi connectivity index (χ4v) is 2.51. The van der Waals surface area contributed by atoms with Gasteiger partial charge in [-0.05, 0) is 56.3 Å². The molecule has 19 heavy (non-hydrogen) atoms. The Morgan fingerprint density at radius 3 is 2.79 bits per heavy atom. The molecule has 0 aliphatic carbocycles. The van der Waals surface area contributed by atoms with Crippen molar-refractivity contribution in [3.05, 3.63) is 23.8 Å². The maximum Gasteiger partial charge on any atom is 0.161 e. The van der Waals surface area contributed by atoms with Gasteiger partial charge in [0.1, 0.15) is 0 Å². The van der Waals surface area contributed by atoms with Crippen LogP contribution in [0.3, 0.4) is 0 Å². The van der Waals surface area contributed by atoms with E-state index in [1.54, 1.807) is 0 Å². The minimum Gasteiger partial charge on any atom is -0.490 e. The zero-order valence-electron chi connectivity index (χ0n) is 12.1. The summed E-state index contributed by atoms with van der Waals surface area (Å²) in [5.41, 5.74) is 1.36. The molecule has 106 valence electrons. The first-order valence-electron chi connectivity index (χ1n) is 7.45. The van der Waals surface area contributed by atoms with E-state index >= 15 is 0 Å². The number of hydrogen-bond acceptors (Lipinski definition) is 3. The summed E-state index contributed by atoms with van der Waals surface area (Å²) in [7, 11) is 0. The normalized spacial score (nSPS) is 19.2. The molecule has 1 fully saturated rings. The highest BCUT2D eigenvalue weighted by Crippen LogP contribution is 2.33. The van der Waals surface area contributed by atoms with Gasteiger partial charge in [-0.2, -0.15) is 0 Å². The Hall–Kier alpha value is -1.22. The second kappa shape index (κ2) is 7.39. The van der Waals surface area contributed by atoms with E-state index in [-0.39, 0.29) is 0 Å². The topological polar surface area (TPSA) is 30.5 Å². The van der Waals surface area contributed by atoms with Crippen molar-refractivity contribution in [3.8, 4) is 11.5 Å². The summed E-state index contributed by atoms with van der Waals surface area (Å²) in [5, 5.41) is 3.46. The van der Waals surface area contributed by atoms with Crippen molar-refractivity contribution in [3.63, 3.8) is 0 Å². The van der Waals surface area contributed by atoms with Crippen LogP contribution in [0, 0.1) is 0 Å². The van der Waals surface area contributed by atoms with Crippen LogP contribution in [-0.4, -0.2) is 26.3 Å². The molecule has 1 aliphatic heterocycles. The first-order valence-corrected chi connectivity index (χ1v) is 7.45. The first kappa shape index (κ1) is 14.2. The summed E-state index contributed by atoms with van der Waals surface area (Å²) in [5.74, 6) is 2.36. The molecule has 1 aromatic carbocycles. The molecular weight excluding hydrogens is 238 g/mol. The molecule has 3 heteroatoms. The monoisotopic (exact) mass is 263 g/mol. The average Bonchev–Trinajstić information content (AvgIpc) is 2.47. The third-order valence-electron chi connectivity index (χ3n) is 3.50. The zero-order valence-corrected chi connectivity index (χ0v) is 12.1. The quantitative estimate of drug-likeness (QED) is 0.854. The van der Waals surface area contributed by atoms with Crippen LogP contribution in [0.25, 0.3) is 0 Å². The second-order valence-corrected chi connectivity index (χ2v) is 5.03. The Bertz CT molecular complexity index is 386. The van der Waals surface area contributed by atoms with Gasteiger partial charge in [0.05, 0.1) is 13.2 Å². The van der Waals surface area contributed by atoms with Gasteiger partial charge in [-0.15, -0.1) is 0 Å². The maximum absolute atomic E-state index is 5.74. The molecule has 1 aliphatic rings. The smallest absolute Gasteiger partial charge is 0.161 e. The maximum atomic E-state index is 5.74. The summed E-state index contributed by atoms with van der Waals surface area (Å²) < 4.78 is 11.5. The largest absolute Gasteiger partial charge is 0.490 e. The van der Waals surface area contributed by atoms with E-state index in [0.717, 1.165) is 37.6 Å². The Kier molecular flexibility index (Phi) is 5.52. The van der Waals surface area contributed by atoms with Gasteiger partial charge in [-0.3, -0.25) is 0 Å².